The summed E-state index contributed by atoms with van der Waals surface area (Å²) >= 11 is 0. The average molecular weight is 255 g/mol. The van der Waals surface area contributed by atoms with Gasteiger partial charge in [-0.2, -0.15) is 0 Å². The van der Waals surface area contributed by atoms with E-state index in [9.17, 15) is 0 Å². The smallest absolute Gasteiger partial charge is 0.0593 e. The molecule has 18 heavy (non-hydrogen) atoms. The molecule has 0 atom stereocenters. The quantitative estimate of drug-likeness (QED) is 0.754. The zero-order chi connectivity index (χ0) is 12.8. The number of rotatable bonds is 5. The van der Waals surface area contributed by atoms with Crippen molar-refractivity contribution in [3.63, 3.8) is 0 Å². The van der Waals surface area contributed by atoms with E-state index in [0.717, 1.165) is 26.4 Å². The third-order valence-corrected chi connectivity index (χ3v) is 4.26. The van der Waals surface area contributed by atoms with Gasteiger partial charge in [0.25, 0.3) is 0 Å². The lowest BCUT2D eigenvalue weighted by Crippen LogP contribution is -2.47. The van der Waals surface area contributed by atoms with Crippen LogP contribution in [0.3, 0.4) is 0 Å². The van der Waals surface area contributed by atoms with Gasteiger partial charge in [0.1, 0.15) is 0 Å². The van der Waals surface area contributed by atoms with E-state index in [4.69, 9.17) is 9.47 Å². The molecular formula is C15H29NO2. The second kappa shape index (κ2) is 6.88. The molecule has 1 heterocycles. The average Bonchev–Trinajstić information content (AvgIpc) is 2.24. The van der Waals surface area contributed by atoms with Crippen molar-refractivity contribution in [3.05, 3.63) is 0 Å². The van der Waals surface area contributed by atoms with E-state index < -0.39 is 0 Å². The van der Waals surface area contributed by atoms with Crippen molar-refractivity contribution < 1.29 is 9.47 Å². The first-order valence-electron chi connectivity index (χ1n) is 7.62. The summed E-state index contributed by atoms with van der Waals surface area (Å²) in [5.41, 5.74) is 0.448. The first-order valence-corrected chi connectivity index (χ1v) is 7.62. The van der Waals surface area contributed by atoms with E-state index in [-0.39, 0.29) is 0 Å². The van der Waals surface area contributed by atoms with Crippen molar-refractivity contribution in [1.29, 1.82) is 0 Å². The molecule has 0 amide bonds. The normalized spacial score (nSPS) is 25.5. The second-order valence-electron chi connectivity index (χ2n) is 6.31. The minimum atomic E-state index is 0.359. The largest absolute Gasteiger partial charge is 0.380 e. The van der Waals surface area contributed by atoms with Crippen molar-refractivity contribution in [2.75, 3.05) is 39.5 Å². The van der Waals surface area contributed by atoms with Crippen LogP contribution in [0.1, 0.15) is 46.0 Å². The lowest BCUT2D eigenvalue weighted by atomic mass is 9.69. The van der Waals surface area contributed by atoms with Crippen LogP contribution in [0.5, 0.6) is 0 Å². The van der Waals surface area contributed by atoms with Gasteiger partial charge in [0, 0.05) is 25.1 Å². The number of hydrogen-bond donors (Lipinski definition) is 0. The van der Waals surface area contributed by atoms with E-state index in [1.165, 1.54) is 45.2 Å². The van der Waals surface area contributed by atoms with Crippen molar-refractivity contribution in [2.24, 2.45) is 5.41 Å². The van der Waals surface area contributed by atoms with Crippen molar-refractivity contribution in [1.82, 2.24) is 4.90 Å². The van der Waals surface area contributed by atoms with Gasteiger partial charge in [-0.15, -0.1) is 0 Å². The highest BCUT2D eigenvalue weighted by atomic mass is 16.5. The molecule has 0 N–H and O–H groups in total. The molecule has 0 aromatic carbocycles. The lowest BCUT2D eigenvalue weighted by Gasteiger charge is -2.45. The molecule has 1 saturated heterocycles. The van der Waals surface area contributed by atoms with Crippen LogP contribution in [0.25, 0.3) is 0 Å². The zero-order valence-corrected chi connectivity index (χ0v) is 12.1. The number of nitrogens with zero attached hydrogens (tertiary/aromatic N) is 1. The Bertz CT molecular complexity index is 231. The molecule has 106 valence electrons. The highest BCUT2D eigenvalue weighted by Crippen LogP contribution is 2.42. The van der Waals surface area contributed by atoms with E-state index in [1.54, 1.807) is 0 Å². The Morgan fingerprint density at radius 1 is 1.11 bits per heavy atom. The molecule has 3 heteroatoms. The van der Waals surface area contributed by atoms with Gasteiger partial charge in [-0.1, -0.05) is 6.42 Å². The lowest BCUT2D eigenvalue weighted by molar-refractivity contribution is -0.0553. The minimum Gasteiger partial charge on any atom is -0.380 e. The van der Waals surface area contributed by atoms with Crippen molar-refractivity contribution >= 4 is 0 Å². The molecule has 2 rings (SSSR count). The fourth-order valence-corrected chi connectivity index (χ4v) is 2.95. The molecule has 1 saturated carbocycles. The topological polar surface area (TPSA) is 21.7 Å². The molecule has 0 radical (unpaired) electrons. The molecule has 1 aliphatic heterocycles. The van der Waals surface area contributed by atoms with Crippen LogP contribution in [-0.2, 0) is 9.47 Å². The summed E-state index contributed by atoms with van der Waals surface area (Å²) in [5.74, 6) is 0. The maximum atomic E-state index is 5.89. The number of hydrogen-bond acceptors (Lipinski definition) is 3. The fraction of sp³-hybridized carbons (Fsp3) is 1.00. The van der Waals surface area contributed by atoms with Crippen LogP contribution in [0.15, 0.2) is 0 Å². The van der Waals surface area contributed by atoms with Gasteiger partial charge < -0.3 is 14.4 Å². The summed E-state index contributed by atoms with van der Waals surface area (Å²) in [5, 5.41) is 0. The summed E-state index contributed by atoms with van der Waals surface area (Å²) in [6.07, 6.45) is 6.92. The molecule has 0 aromatic rings. The van der Waals surface area contributed by atoms with E-state index in [2.05, 4.69) is 18.7 Å². The van der Waals surface area contributed by atoms with Gasteiger partial charge >= 0.3 is 0 Å². The Hall–Kier alpha value is -0.120. The SMILES string of the molecule is CC(C)OCC1(CN2CCCCOCC2)CCC1. The molecule has 0 bridgehead atoms. The van der Waals surface area contributed by atoms with Gasteiger partial charge in [-0.3, -0.25) is 0 Å². The Kier molecular flexibility index (Phi) is 5.46. The standard InChI is InChI=1S/C15H29NO2/c1-14(2)18-13-15(6-5-7-15)12-16-8-3-4-10-17-11-9-16/h14H,3-13H2,1-2H3. The second-order valence-corrected chi connectivity index (χ2v) is 6.31. The van der Waals surface area contributed by atoms with E-state index in [0.29, 0.717) is 11.5 Å². The maximum absolute atomic E-state index is 5.89. The third kappa shape index (κ3) is 4.22. The van der Waals surface area contributed by atoms with E-state index >= 15 is 0 Å². The fourth-order valence-electron chi connectivity index (χ4n) is 2.95. The Morgan fingerprint density at radius 3 is 2.61 bits per heavy atom. The van der Waals surface area contributed by atoms with Gasteiger partial charge in [-0.25, -0.2) is 0 Å². The Labute approximate surface area is 112 Å². The molecule has 3 nitrogen and oxygen atoms in total. The highest BCUT2D eigenvalue weighted by molar-refractivity contribution is 4.90. The first kappa shape index (κ1) is 14.3. The third-order valence-electron chi connectivity index (χ3n) is 4.26. The Balaban J connectivity index is 1.80. The van der Waals surface area contributed by atoms with Crippen LogP contribution >= 0.6 is 0 Å². The maximum Gasteiger partial charge on any atom is 0.0593 e. The highest BCUT2D eigenvalue weighted by Gasteiger charge is 2.38. The van der Waals surface area contributed by atoms with Gasteiger partial charge in [0.2, 0.25) is 0 Å². The molecule has 0 unspecified atom stereocenters. The van der Waals surface area contributed by atoms with Crippen molar-refractivity contribution in [2.45, 2.75) is 52.1 Å². The molecule has 2 aliphatic rings. The van der Waals surface area contributed by atoms with Crippen LogP contribution in [0.4, 0.5) is 0 Å². The molecule has 0 spiro atoms. The molecule has 2 fully saturated rings. The summed E-state index contributed by atoms with van der Waals surface area (Å²) in [4.78, 5) is 2.60. The summed E-state index contributed by atoms with van der Waals surface area (Å²) in [7, 11) is 0. The number of ether oxygens (including phenoxy) is 2. The molecule has 1 aliphatic carbocycles. The predicted molar refractivity (Wildman–Crippen MR) is 73.9 cm³/mol. The van der Waals surface area contributed by atoms with Gasteiger partial charge in [0.15, 0.2) is 0 Å². The Morgan fingerprint density at radius 2 is 1.94 bits per heavy atom. The summed E-state index contributed by atoms with van der Waals surface area (Å²) in [6, 6.07) is 0. The molecular weight excluding hydrogens is 226 g/mol. The summed E-state index contributed by atoms with van der Waals surface area (Å²) in [6.45, 7) is 10.6. The monoisotopic (exact) mass is 255 g/mol. The van der Waals surface area contributed by atoms with E-state index in [1.807, 2.05) is 0 Å². The van der Waals surface area contributed by atoms with Gasteiger partial charge in [0.05, 0.1) is 19.3 Å². The van der Waals surface area contributed by atoms with Crippen molar-refractivity contribution in [3.8, 4) is 0 Å². The predicted octanol–water partition coefficient (Wildman–Crippen LogP) is 2.69. The van der Waals surface area contributed by atoms with Crippen LogP contribution in [0, 0.1) is 5.41 Å². The van der Waals surface area contributed by atoms with Gasteiger partial charge in [-0.05, 0) is 46.1 Å². The summed E-state index contributed by atoms with van der Waals surface area (Å²) < 4.78 is 11.5. The minimum absolute atomic E-state index is 0.359. The van der Waals surface area contributed by atoms with Crippen LogP contribution in [0.2, 0.25) is 0 Å². The molecule has 0 aromatic heterocycles. The zero-order valence-electron chi connectivity index (χ0n) is 12.1. The van der Waals surface area contributed by atoms with Crippen LogP contribution < -0.4 is 0 Å². The van der Waals surface area contributed by atoms with Crippen LogP contribution in [-0.4, -0.2) is 50.5 Å². The first-order chi connectivity index (χ1) is 8.70.